The molecule has 1 fully saturated rings. The second-order valence-electron chi connectivity index (χ2n) is 6.03. The van der Waals surface area contributed by atoms with Gasteiger partial charge in [0.2, 0.25) is 5.91 Å². The maximum absolute atomic E-state index is 13.3. The average molecular weight is 330 g/mol. The lowest BCUT2D eigenvalue weighted by Gasteiger charge is -2.32. The van der Waals surface area contributed by atoms with Crippen molar-refractivity contribution >= 4 is 11.6 Å². The van der Waals surface area contributed by atoms with Gasteiger partial charge in [0.25, 0.3) is 5.56 Å². The summed E-state index contributed by atoms with van der Waals surface area (Å²) in [7, 11) is 1.64. The summed E-state index contributed by atoms with van der Waals surface area (Å²) in [4.78, 5) is 24.1. The van der Waals surface area contributed by atoms with E-state index in [-0.39, 0.29) is 35.9 Å². The molecule has 1 aromatic heterocycles. The Balaban J connectivity index is 1.70. The monoisotopic (exact) mass is 330 g/mol. The van der Waals surface area contributed by atoms with Crippen LogP contribution in [-0.2, 0) is 16.1 Å². The highest BCUT2D eigenvalue weighted by atomic mass is 19.1. The topological polar surface area (TPSA) is 60.3 Å². The summed E-state index contributed by atoms with van der Waals surface area (Å²) in [5.74, 6) is -0.472. The molecule has 24 heavy (non-hydrogen) atoms. The van der Waals surface area contributed by atoms with Gasteiger partial charge < -0.3 is 14.6 Å². The summed E-state index contributed by atoms with van der Waals surface area (Å²) in [6.07, 6.45) is 3.16. The largest absolute Gasteiger partial charge is 0.381 e. The number of hydrogen-bond acceptors (Lipinski definition) is 3. The normalized spacial score (nSPS) is 19.6. The van der Waals surface area contributed by atoms with Crippen molar-refractivity contribution in [3.05, 3.63) is 64.3 Å². The Morgan fingerprint density at radius 1 is 1.33 bits per heavy atom. The van der Waals surface area contributed by atoms with Crippen molar-refractivity contribution in [1.29, 1.82) is 0 Å². The molecular weight excluding hydrogens is 311 g/mol. The Morgan fingerprint density at radius 3 is 2.83 bits per heavy atom. The number of anilines is 1. The van der Waals surface area contributed by atoms with Gasteiger partial charge in [-0.15, -0.1) is 0 Å². The first-order valence-corrected chi connectivity index (χ1v) is 7.84. The predicted octanol–water partition coefficient (Wildman–Crippen LogP) is 2.40. The van der Waals surface area contributed by atoms with Gasteiger partial charge in [-0.25, -0.2) is 4.39 Å². The van der Waals surface area contributed by atoms with Crippen LogP contribution in [0, 0.1) is 11.7 Å². The number of rotatable bonds is 5. The molecule has 5 nitrogen and oxygen atoms in total. The molecule has 0 bridgehead atoms. The Bertz CT molecular complexity index is 797. The fourth-order valence-electron chi connectivity index (χ4n) is 2.78. The molecular formula is C18H19FN2O3. The highest BCUT2D eigenvalue weighted by molar-refractivity contribution is 5.93. The first-order chi connectivity index (χ1) is 11.5. The fraction of sp³-hybridized carbons (Fsp3) is 0.333. The maximum atomic E-state index is 13.3. The molecule has 0 atom stereocenters. The predicted molar refractivity (Wildman–Crippen MR) is 88.4 cm³/mol. The Kier molecular flexibility index (Phi) is 4.76. The van der Waals surface area contributed by atoms with Crippen molar-refractivity contribution in [1.82, 2.24) is 4.57 Å². The number of nitrogens with one attached hydrogen (secondary N) is 1. The summed E-state index contributed by atoms with van der Waals surface area (Å²) < 4.78 is 19.9. The molecule has 6 heteroatoms. The van der Waals surface area contributed by atoms with Crippen LogP contribution in [0.5, 0.6) is 0 Å². The molecule has 0 saturated heterocycles. The van der Waals surface area contributed by atoms with E-state index < -0.39 is 0 Å². The van der Waals surface area contributed by atoms with Gasteiger partial charge in [-0.05, 0) is 36.6 Å². The van der Waals surface area contributed by atoms with Crippen LogP contribution in [0.1, 0.15) is 18.4 Å². The lowest BCUT2D eigenvalue weighted by atomic mass is 9.81. The van der Waals surface area contributed by atoms with E-state index in [1.807, 2.05) is 0 Å². The van der Waals surface area contributed by atoms with E-state index in [2.05, 4.69) is 5.32 Å². The minimum atomic E-state index is -0.345. The fourth-order valence-corrected chi connectivity index (χ4v) is 2.78. The van der Waals surface area contributed by atoms with E-state index in [9.17, 15) is 14.0 Å². The number of carbonyl (C=O) groups excluding carboxylic acids is 1. The smallest absolute Gasteiger partial charge is 0.250 e. The number of hydrogen-bond donors (Lipinski definition) is 1. The van der Waals surface area contributed by atoms with Gasteiger partial charge in [-0.1, -0.05) is 12.1 Å². The zero-order valence-corrected chi connectivity index (χ0v) is 13.4. The van der Waals surface area contributed by atoms with E-state index in [4.69, 9.17) is 4.74 Å². The van der Waals surface area contributed by atoms with Crippen molar-refractivity contribution in [3.63, 3.8) is 0 Å². The number of pyridine rings is 1. The number of carbonyl (C=O) groups is 1. The van der Waals surface area contributed by atoms with E-state index in [0.29, 0.717) is 24.1 Å². The van der Waals surface area contributed by atoms with Crippen LogP contribution >= 0.6 is 0 Å². The van der Waals surface area contributed by atoms with Crippen LogP contribution in [0.3, 0.4) is 0 Å². The quantitative estimate of drug-likeness (QED) is 0.916. The van der Waals surface area contributed by atoms with Crippen molar-refractivity contribution in [2.75, 3.05) is 12.4 Å². The second-order valence-corrected chi connectivity index (χ2v) is 6.03. The van der Waals surface area contributed by atoms with Crippen LogP contribution in [0.25, 0.3) is 0 Å². The molecule has 0 radical (unpaired) electrons. The molecule has 3 rings (SSSR count). The molecule has 0 aliphatic heterocycles. The van der Waals surface area contributed by atoms with Gasteiger partial charge in [0, 0.05) is 25.3 Å². The standard InChI is InChI=1S/C18H19FN2O3/c1-24-16-8-13(9-16)18(23)20-15-5-6-17(22)21(11-15)10-12-3-2-4-14(19)7-12/h2-7,11,13,16H,8-10H2,1H3,(H,20,23). The number of methoxy groups -OCH3 is 1. The maximum Gasteiger partial charge on any atom is 0.250 e. The highest BCUT2D eigenvalue weighted by Crippen LogP contribution is 2.30. The molecule has 0 unspecified atom stereocenters. The number of amides is 1. The van der Waals surface area contributed by atoms with Gasteiger partial charge in [0.15, 0.2) is 0 Å². The highest BCUT2D eigenvalue weighted by Gasteiger charge is 2.34. The molecule has 1 saturated carbocycles. The number of benzene rings is 1. The zero-order valence-electron chi connectivity index (χ0n) is 13.4. The van der Waals surface area contributed by atoms with Gasteiger partial charge in [-0.3, -0.25) is 9.59 Å². The average Bonchev–Trinajstić information content (AvgIpc) is 2.50. The number of ether oxygens (including phenoxy) is 1. The first-order valence-electron chi connectivity index (χ1n) is 7.84. The molecule has 126 valence electrons. The van der Waals surface area contributed by atoms with Crippen LogP contribution in [0.4, 0.5) is 10.1 Å². The van der Waals surface area contributed by atoms with E-state index in [0.717, 1.165) is 0 Å². The van der Waals surface area contributed by atoms with E-state index in [1.54, 1.807) is 31.5 Å². The third kappa shape index (κ3) is 3.71. The third-order valence-corrected chi connectivity index (χ3v) is 4.29. The zero-order chi connectivity index (χ0) is 17.1. The molecule has 1 N–H and O–H groups in total. The van der Waals surface area contributed by atoms with Crippen LogP contribution in [0.15, 0.2) is 47.4 Å². The van der Waals surface area contributed by atoms with E-state index in [1.165, 1.54) is 22.8 Å². The lowest BCUT2D eigenvalue weighted by molar-refractivity contribution is -0.127. The lowest BCUT2D eigenvalue weighted by Crippen LogP contribution is -2.38. The molecule has 1 amide bonds. The number of nitrogens with zero attached hydrogens (tertiary/aromatic N) is 1. The van der Waals surface area contributed by atoms with Gasteiger partial charge in [0.1, 0.15) is 5.82 Å². The minimum Gasteiger partial charge on any atom is -0.381 e. The van der Waals surface area contributed by atoms with Gasteiger partial charge in [-0.2, -0.15) is 0 Å². The molecule has 0 spiro atoms. The van der Waals surface area contributed by atoms with Crippen molar-refractivity contribution < 1.29 is 13.9 Å². The molecule has 1 heterocycles. The van der Waals surface area contributed by atoms with Gasteiger partial charge >= 0.3 is 0 Å². The van der Waals surface area contributed by atoms with E-state index >= 15 is 0 Å². The summed E-state index contributed by atoms with van der Waals surface area (Å²) in [6.45, 7) is 0.246. The summed E-state index contributed by atoms with van der Waals surface area (Å²) >= 11 is 0. The van der Waals surface area contributed by atoms with Crippen molar-refractivity contribution in [3.8, 4) is 0 Å². The molecule has 1 aliphatic rings. The third-order valence-electron chi connectivity index (χ3n) is 4.29. The van der Waals surface area contributed by atoms with Crippen LogP contribution in [-0.4, -0.2) is 23.7 Å². The van der Waals surface area contributed by atoms with Crippen molar-refractivity contribution in [2.45, 2.75) is 25.5 Å². The molecule has 2 aromatic rings. The Morgan fingerprint density at radius 2 is 2.12 bits per heavy atom. The second kappa shape index (κ2) is 6.97. The molecule has 1 aromatic carbocycles. The Hall–Kier alpha value is -2.47. The number of aromatic nitrogens is 1. The summed E-state index contributed by atoms with van der Waals surface area (Å²) in [5.41, 5.74) is 1.03. The van der Waals surface area contributed by atoms with Crippen LogP contribution < -0.4 is 10.9 Å². The van der Waals surface area contributed by atoms with Crippen LogP contribution in [0.2, 0.25) is 0 Å². The summed E-state index contributed by atoms with van der Waals surface area (Å²) in [6, 6.07) is 9.07. The minimum absolute atomic E-state index is 0.0569. The summed E-state index contributed by atoms with van der Waals surface area (Å²) in [5, 5.41) is 2.82. The molecule has 1 aliphatic carbocycles. The first kappa shape index (κ1) is 16.4. The van der Waals surface area contributed by atoms with Gasteiger partial charge in [0.05, 0.1) is 18.3 Å². The number of halogens is 1. The SMILES string of the molecule is COC1CC(C(=O)Nc2ccc(=O)n(Cc3cccc(F)c3)c2)C1. The van der Waals surface area contributed by atoms with Crippen molar-refractivity contribution in [2.24, 2.45) is 5.92 Å². The Labute approximate surface area is 139 Å².